The number of anilines is 1. The van der Waals surface area contributed by atoms with E-state index in [-0.39, 0.29) is 10.4 Å². The summed E-state index contributed by atoms with van der Waals surface area (Å²) in [6.07, 6.45) is 2.35. The van der Waals surface area contributed by atoms with Crippen LogP contribution in [-0.4, -0.2) is 21.2 Å². The van der Waals surface area contributed by atoms with Crippen molar-refractivity contribution in [2.75, 3.05) is 5.32 Å². The van der Waals surface area contributed by atoms with Crippen molar-refractivity contribution in [1.82, 2.24) is 15.2 Å². The topological polar surface area (TPSA) is 50.7 Å². The molecule has 16 heavy (non-hydrogen) atoms. The zero-order valence-corrected chi connectivity index (χ0v) is 10.8. The van der Waals surface area contributed by atoms with Crippen LogP contribution in [0.1, 0.15) is 26.7 Å². The van der Waals surface area contributed by atoms with Gasteiger partial charge in [-0.05, 0) is 36.3 Å². The van der Waals surface area contributed by atoms with Gasteiger partial charge in [0.25, 0.3) is 0 Å². The van der Waals surface area contributed by atoms with E-state index in [0.29, 0.717) is 17.8 Å². The molecule has 3 atom stereocenters. The standard InChI is InChI=1S/C10H14Cl2N4/c1-5-3-4-7(6(5)2)13-9-8(11)15-16-10(12)14-9/h5-7H,3-4H2,1-2H3,(H,13,14,16). The molecule has 1 aliphatic rings. The highest BCUT2D eigenvalue weighted by Gasteiger charge is 2.30. The van der Waals surface area contributed by atoms with Gasteiger partial charge in [-0.2, -0.15) is 4.98 Å². The zero-order valence-electron chi connectivity index (χ0n) is 9.24. The molecule has 0 bridgehead atoms. The first kappa shape index (κ1) is 11.9. The van der Waals surface area contributed by atoms with Crippen molar-refractivity contribution in [2.45, 2.75) is 32.7 Å². The fraction of sp³-hybridized carbons (Fsp3) is 0.700. The van der Waals surface area contributed by atoms with Gasteiger partial charge in [0, 0.05) is 6.04 Å². The molecule has 0 aromatic carbocycles. The Morgan fingerprint density at radius 3 is 2.56 bits per heavy atom. The maximum atomic E-state index is 5.90. The molecule has 0 aliphatic heterocycles. The first-order valence-electron chi connectivity index (χ1n) is 5.40. The molecule has 4 nitrogen and oxygen atoms in total. The summed E-state index contributed by atoms with van der Waals surface area (Å²) in [6, 6.07) is 0.389. The number of nitrogens with zero attached hydrogens (tertiary/aromatic N) is 3. The van der Waals surface area contributed by atoms with E-state index >= 15 is 0 Å². The molecule has 1 N–H and O–H groups in total. The van der Waals surface area contributed by atoms with Crippen molar-refractivity contribution >= 4 is 29.0 Å². The lowest BCUT2D eigenvalue weighted by Gasteiger charge is -2.20. The number of hydrogen-bond donors (Lipinski definition) is 1. The SMILES string of the molecule is CC1CCC(Nc2nc(Cl)nnc2Cl)C1C. The second-order valence-corrected chi connectivity index (χ2v) is 5.08. The van der Waals surface area contributed by atoms with Gasteiger partial charge in [-0.3, -0.25) is 0 Å². The van der Waals surface area contributed by atoms with Crippen molar-refractivity contribution in [3.63, 3.8) is 0 Å². The van der Waals surface area contributed by atoms with E-state index in [1.165, 1.54) is 6.42 Å². The van der Waals surface area contributed by atoms with E-state index < -0.39 is 0 Å². The van der Waals surface area contributed by atoms with Crippen LogP contribution in [0.5, 0.6) is 0 Å². The van der Waals surface area contributed by atoms with E-state index in [1.807, 2.05) is 0 Å². The Bertz CT molecular complexity index is 385. The maximum absolute atomic E-state index is 5.90. The van der Waals surface area contributed by atoms with Crippen molar-refractivity contribution in [1.29, 1.82) is 0 Å². The third-order valence-electron chi connectivity index (χ3n) is 3.41. The fourth-order valence-electron chi connectivity index (χ4n) is 2.13. The van der Waals surface area contributed by atoms with Crippen molar-refractivity contribution in [3.05, 3.63) is 10.4 Å². The molecule has 0 radical (unpaired) electrons. The first-order chi connectivity index (χ1) is 7.58. The molecule has 6 heteroatoms. The lowest BCUT2D eigenvalue weighted by atomic mass is 9.98. The molecular formula is C10H14Cl2N4. The summed E-state index contributed by atoms with van der Waals surface area (Å²) in [7, 11) is 0. The predicted octanol–water partition coefficient (Wildman–Crippen LogP) is 3.02. The summed E-state index contributed by atoms with van der Waals surface area (Å²) in [5.74, 6) is 1.86. The highest BCUT2D eigenvalue weighted by atomic mass is 35.5. The number of nitrogens with one attached hydrogen (secondary N) is 1. The molecule has 1 fully saturated rings. The Labute approximate surface area is 105 Å². The predicted molar refractivity (Wildman–Crippen MR) is 64.8 cm³/mol. The van der Waals surface area contributed by atoms with Gasteiger partial charge in [0.1, 0.15) is 0 Å². The Kier molecular flexibility index (Phi) is 3.50. The quantitative estimate of drug-likeness (QED) is 0.889. The third kappa shape index (κ3) is 2.38. The lowest BCUT2D eigenvalue weighted by molar-refractivity contribution is 0.435. The summed E-state index contributed by atoms with van der Waals surface area (Å²) in [6.45, 7) is 4.50. The molecule has 88 valence electrons. The molecule has 2 rings (SSSR count). The number of rotatable bonds is 2. The molecule has 0 saturated heterocycles. The number of hydrogen-bond acceptors (Lipinski definition) is 4. The van der Waals surface area contributed by atoms with Crippen LogP contribution >= 0.6 is 23.2 Å². The smallest absolute Gasteiger partial charge is 0.245 e. The van der Waals surface area contributed by atoms with Crippen LogP contribution in [0, 0.1) is 11.8 Å². The van der Waals surface area contributed by atoms with Crippen LogP contribution < -0.4 is 5.32 Å². The Balaban J connectivity index is 2.12. The van der Waals surface area contributed by atoms with Crippen molar-refractivity contribution in [3.8, 4) is 0 Å². The van der Waals surface area contributed by atoms with Crippen LogP contribution in [0.15, 0.2) is 0 Å². The summed E-state index contributed by atoms with van der Waals surface area (Å²) in [4.78, 5) is 4.04. The Morgan fingerprint density at radius 1 is 1.19 bits per heavy atom. The second-order valence-electron chi connectivity index (χ2n) is 4.38. The molecule has 1 heterocycles. The largest absolute Gasteiger partial charge is 0.364 e. The second kappa shape index (κ2) is 4.72. The van der Waals surface area contributed by atoms with E-state index in [9.17, 15) is 0 Å². The van der Waals surface area contributed by atoms with Gasteiger partial charge in [0.05, 0.1) is 0 Å². The number of aromatic nitrogens is 3. The molecular weight excluding hydrogens is 247 g/mol. The molecule has 1 saturated carbocycles. The molecule has 0 amide bonds. The van der Waals surface area contributed by atoms with E-state index in [0.717, 1.165) is 12.3 Å². The van der Waals surface area contributed by atoms with Gasteiger partial charge in [-0.1, -0.05) is 25.4 Å². The normalized spacial score (nSPS) is 29.4. The Morgan fingerprint density at radius 2 is 1.94 bits per heavy atom. The van der Waals surface area contributed by atoms with Crippen molar-refractivity contribution < 1.29 is 0 Å². The average Bonchev–Trinajstić information content (AvgIpc) is 2.55. The summed E-state index contributed by atoms with van der Waals surface area (Å²) in [5.41, 5.74) is 0. The van der Waals surface area contributed by atoms with Gasteiger partial charge >= 0.3 is 0 Å². The van der Waals surface area contributed by atoms with E-state index in [4.69, 9.17) is 23.2 Å². The summed E-state index contributed by atoms with van der Waals surface area (Å²) < 4.78 is 0. The Hall–Kier alpha value is -0.610. The minimum Gasteiger partial charge on any atom is -0.364 e. The van der Waals surface area contributed by atoms with Crippen LogP contribution in [0.2, 0.25) is 10.4 Å². The fourth-order valence-corrected chi connectivity index (χ4v) is 2.39. The van der Waals surface area contributed by atoms with Gasteiger partial charge in [-0.15, -0.1) is 10.2 Å². The van der Waals surface area contributed by atoms with Crippen LogP contribution in [-0.2, 0) is 0 Å². The van der Waals surface area contributed by atoms with Crippen LogP contribution in [0.3, 0.4) is 0 Å². The van der Waals surface area contributed by atoms with Crippen molar-refractivity contribution in [2.24, 2.45) is 11.8 Å². The number of halogens is 2. The van der Waals surface area contributed by atoms with Gasteiger partial charge in [0.2, 0.25) is 5.28 Å². The van der Waals surface area contributed by atoms with Gasteiger partial charge in [-0.25, -0.2) is 0 Å². The van der Waals surface area contributed by atoms with Crippen LogP contribution in [0.25, 0.3) is 0 Å². The highest BCUT2D eigenvalue weighted by molar-refractivity contribution is 6.32. The monoisotopic (exact) mass is 260 g/mol. The molecule has 1 aliphatic carbocycles. The zero-order chi connectivity index (χ0) is 11.7. The lowest BCUT2D eigenvalue weighted by Crippen LogP contribution is -2.25. The minimum absolute atomic E-state index is 0.116. The minimum atomic E-state index is 0.116. The average molecular weight is 261 g/mol. The highest BCUT2D eigenvalue weighted by Crippen LogP contribution is 2.33. The first-order valence-corrected chi connectivity index (χ1v) is 6.15. The molecule has 0 spiro atoms. The molecule has 1 aromatic heterocycles. The maximum Gasteiger partial charge on any atom is 0.245 e. The van der Waals surface area contributed by atoms with Crippen LogP contribution in [0.4, 0.5) is 5.82 Å². The van der Waals surface area contributed by atoms with E-state index in [1.54, 1.807) is 0 Å². The summed E-state index contributed by atoms with van der Waals surface area (Å²) >= 11 is 11.6. The molecule has 3 unspecified atom stereocenters. The third-order valence-corrected chi connectivity index (χ3v) is 3.82. The molecule has 1 aromatic rings. The van der Waals surface area contributed by atoms with Gasteiger partial charge in [0.15, 0.2) is 11.0 Å². The summed E-state index contributed by atoms with van der Waals surface area (Å²) in [5, 5.41) is 11.0. The van der Waals surface area contributed by atoms with Gasteiger partial charge < -0.3 is 5.32 Å². The van der Waals surface area contributed by atoms with E-state index in [2.05, 4.69) is 34.3 Å².